The van der Waals surface area contributed by atoms with Crippen LogP contribution < -0.4 is 0 Å². The van der Waals surface area contributed by atoms with Crippen LogP contribution in [0.3, 0.4) is 0 Å². The van der Waals surface area contributed by atoms with Gasteiger partial charge in [0, 0.05) is 25.0 Å². The zero-order chi connectivity index (χ0) is 12.3. The number of pyridine rings is 1. The van der Waals surface area contributed by atoms with Crippen molar-refractivity contribution in [2.45, 2.75) is 17.3 Å². The Kier molecular flexibility index (Phi) is 3.40. The average molecular weight is 245 g/mol. The summed E-state index contributed by atoms with van der Waals surface area (Å²) in [6.07, 6.45) is 3.43. The maximum atomic E-state index is 8.77. The van der Waals surface area contributed by atoms with Gasteiger partial charge in [-0.3, -0.25) is 4.98 Å². The van der Waals surface area contributed by atoms with Crippen LogP contribution in [0.15, 0.2) is 29.7 Å². The van der Waals surface area contributed by atoms with Crippen LogP contribution in [0.25, 0.3) is 11.4 Å². The molecule has 0 saturated carbocycles. The van der Waals surface area contributed by atoms with Gasteiger partial charge in [0.25, 0.3) is 0 Å². The minimum absolute atomic E-state index is 0.136. The van der Waals surface area contributed by atoms with Crippen molar-refractivity contribution in [3.8, 4) is 17.5 Å². The summed E-state index contributed by atoms with van der Waals surface area (Å²) in [5.74, 6) is 0.778. The highest BCUT2D eigenvalue weighted by atomic mass is 32.2. The Bertz CT molecular complexity index is 543. The Balaban J connectivity index is 2.31. The van der Waals surface area contributed by atoms with E-state index in [4.69, 9.17) is 5.26 Å². The first-order chi connectivity index (χ1) is 8.22. The fourth-order valence-electron chi connectivity index (χ4n) is 1.35. The molecule has 0 aliphatic heterocycles. The molecule has 2 rings (SSSR count). The maximum Gasteiger partial charge on any atom is 0.192 e. The Morgan fingerprint density at radius 3 is 2.71 bits per heavy atom. The van der Waals surface area contributed by atoms with Crippen molar-refractivity contribution in [2.24, 2.45) is 7.05 Å². The number of hydrogen-bond donors (Lipinski definition) is 0. The van der Waals surface area contributed by atoms with E-state index in [-0.39, 0.29) is 5.25 Å². The summed E-state index contributed by atoms with van der Waals surface area (Å²) < 4.78 is 1.88. The van der Waals surface area contributed by atoms with Crippen LogP contribution in [0.2, 0.25) is 0 Å². The van der Waals surface area contributed by atoms with Crippen LogP contribution in [0, 0.1) is 11.3 Å². The molecular formula is C11H11N5S. The van der Waals surface area contributed by atoms with Crippen molar-refractivity contribution in [1.29, 1.82) is 5.26 Å². The Hall–Kier alpha value is -1.87. The summed E-state index contributed by atoms with van der Waals surface area (Å²) in [4.78, 5) is 3.96. The fraction of sp³-hybridized carbons (Fsp3) is 0.273. The third kappa shape index (κ3) is 2.45. The van der Waals surface area contributed by atoms with E-state index in [9.17, 15) is 0 Å². The average Bonchev–Trinajstić information content (AvgIpc) is 2.72. The molecule has 0 spiro atoms. The SMILES string of the molecule is C[C@@H](C#N)Sc1nnc(-c2ccncc2)n1C. The van der Waals surface area contributed by atoms with Crippen molar-refractivity contribution in [3.05, 3.63) is 24.5 Å². The molecule has 0 N–H and O–H groups in total. The molecule has 0 aliphatic carbocycles. The van der Waals surface area contributed by atoms with E-state index in [1.54, 1.807) is 12.4 Å². The second-order valence-corrected chi connectivity index (χ2v) is 4.80. The summed E-state index contributed by atoms with van der Waals surface area (Å²) >= 11 is 1.40. The van der Waals surface area contributed by atoms with E-state index in [0.717, 1.165) is 16.5 Å². The van der Waals surface area contributed by atoms with E-state index in [2.05, 4.69) is 21.3 Å². The van der Waals surface area contributed by atoms with Crippen molar-refractivity contribution < 1.29 is 0 Å². The van der Waals surface area contributed by atoms with Crippen LogP contribution in [0.1, 0.15) is 6.92 Å². The topological polar surface area (TPSA) is 67.4 Å². The van der Waals surface area contributed by atoms with Crippen LogP contribution in [-0.2, 0) is 7.05 Å². The molecule has 2 aromatic heterocycles. The van der Waals surface area contributed by atoms with E-state index in [0.29, 0.717) is 0 Å². The van der Waals surface area contributed by atoms with Gasteiger partial charge in [-0.1, -0.05) is 11.8 Å². The van der Waals surface area contributed by atoms with Crippen LogP contribution >= 0.6 is 11.8 Å². The van der Waals surface area contributed by atoms with Gasteiger partial charge in [0.05, 0.1) is 11.3 Å². The summed E-state index contributed by atoms with van der Waals surface area (Å²) in [7, 11) is 1.89. The Morgan fingerprint density at radius 1 is 1.35 bits per heavy atom. The first-order valence-corrected chi connectivity index (χ1v) is 5.96. The molecule has 0 fully saturated rings. The van der Waals surface area contributed by atoms with Gasteiger partial charge < -0.3 is 4.57 Å². The summed E-state index contributed by atoms with van der Waals surface area (Å²) in [6, 6.07) is 5.92. The minimum Gasteiger partial charge on any atom is -0.305 e. The molecule has 0 saturated heterocycles. The highest BCUT2D eigenvalue weighted by Crippen LogP contribution is 2.24. The quantitative estimate of drug-likeness (QED) is 0.772. The van der Waals surface area contributed by atoms with Crippen LogP contribution in [-0.4, -0.2) is 25.0 Å². The lowest BCUT2D eigenvalue weighted by molar-refractivity contribution is 0.792. The summed E-state index contributed by atoms with van der Waals surface area (Å²) in [5, 5.41) is 17.6. The molecule has 6 heteroatoms. The zero-order valence-corrected chi connectivity index (χ0v) is 10.3. The lowest BCUT2D eigenvalue weighted by Gasteiger charge is -2.03. The largest absolute Gasteiger partial charge is 0.305 e. The van der Waals surface area contributed by atoms with E-state index < -0.39 is 0 Å². The second-order valence-electron chi connectivity index (χ2n) is 3.49. The maximum absolute atomic E-state index is 8.77. The standard InChI is InChI=1S/C11H11N5S/c1-8(7-12)17-11-15-14-10(16(11)2)9-3-5-13-6-4-9/h3-6,8H,1-2H3/t8-/m0/s1. The van der Waals surface area contributed by atoms with E-state index in [1.165, 1.54) is 11.8 Å². The predicted molar refractivity (Wildman–Crippen MR) is 65.2 cm³/mol. The monoisotopic (exact) mass is 245 g/mol. The Labute approximate surface area is 104 Å². The van der Waals surface area contributed by atoms with Crippen molar-refractivity contribution in [2.75, 3.05) is 0 Å². The first-order valence-electron chi connectivity index (χ1n) is 5.08. The van der Waals surface area contributed by atoms with Gasteiger partial charge in [0.15, 0.2) is 11.0 Å². The van der Waals surface area contributed by atoms with Gasteiger partial charge in [-0.2, -0.15) is 5.26 Å². The number of nitriles is 1. The van der Waals surface area contributed by atoms with Crippen molar-refractivity contribution in [3.63, 3.8) is 0 Å². The molecule has 2 heterocycles. The van der Waals surface area contributed by atoms with Crippen LogP contribution in [0.4, 0.5) is 0 Å². The molecule has 1 atom stereocenters. The third-order valence-corrected chi connectivity index (χ3v) is 3.26. The number of nitrogens with zero attached hydrogens (tertiary/aromatic N) is 5. The molecule has 2 aromatic rings. The summed E-state index contributed by atoms with van der Waals surface area (Å²) in [5.41, 5.74) is 0.964. The molecular weight excluding hydrogens is 234 g/mol. The highest BCUT2D eigenvalue weighted by molar-refractivity contribution is 8.00. The van der Waals surface area contributed by atoms with E-state index >= 15 is 0 Å². The lowest BCUT2D eigenvalue weighted by Crippen LogP contribution is -1.98. The van der Waals surface area contributed by atoms with Gasteiger partial charge in [0.1, 0.15) is 0 Å². The fourth-order valence-corrected chi connectivity index (χ4v) is 2.06. The minimum atomic E-state index is -0.136. The van der Waals surface area contributed by atoms with Gasteiger partial charge in [0.2, 0.25) is 0 Å². The smallest absolute Gasteiger partial charge is 0.192 e. The molecule has 0 bridgehead atoms. The van der Waals surface area contributed by atoms with Gasteiger partial charge >= 0.3 is 0 Å². The second kappa shape index (κ2) is 4.97. The molecule has 0 radical (unpaired) electrons. The van der Waals surface area contributed by atoms with Crippen molar-refractivity contribution >= 4 is 11.8 Å². The number of aromatic nitrogens is 4. The van der Waals surface area contributed by atoms with Crippen molar-refractivity contribution in [1.82, 2.24) is 19.7 Å². The molecule has 17 heavy (non-hydrogen) atoms. The molecule has 5 nitrogen and oxygen atoms in total. The molecule has 0 aliphatic rings. The molecule has 86 valence electrons. The van der Waals surface area contributed by atoms with E-state index in [1.807, 2.05) is 30.7 Å². The normalized spacial score (nSPS) is 12.1. The van der Waals surface area contributed by atoms with Gasteiger partial charge in [-0.25, -0.2) is 0 Å². The predicted octanol–water partition coefficient (Wildman–Crippen LogP) is 1.88. The Morgan fingerprint density at radius 2 is 2.06 bits per heavy atom. The van der Waals surface area contributed by atoms with Crippen LogP contribution in [0.5, 0.6) is 0 Å². The molecule has 0 unspecified atom stereocenters. The van der Waals surface area contributed by atoms with Gasteiger partial charge in [-0.05, 0) is 19.1 Å². The summed E-state index contributed by atoms with van der Waals surface area (Å²) in [6.45, 7) is 1.84. The highest BCUT2D eigenvalue weighted by Gasteiger charge is 2.13. The number of rotatable bonds is 3. The zero-order valence-electron chi connectivity index (χ0n) is 9.53. The first kappa shape index (κ1) is 11.6. The molecule has 0 aromatic carbocycles. The number of thioether (sulfide) groups is 1. The van der Waals surface area contributed by atoms with Gasteiger partial charge in [-0.15, -0.1) is 10.2 Å². The lowest BCUT2D eigenvalue weighted by atomic mass is 10.2. The number of hydrogen-bond acceptors (Lipinski definition) is 5. The third-order valence-electron chi connectivity index (χ3n) is 2.24. The molecule has 0 amide bonds.